The van der Waals surface area contributed by atoms with E-state index in [-0.39, 0.29) is 17.7 Å². The minimum atomic E-state index is -0.936. The van der Waals surface area contributed by atoms with Crippen molar-refractivity contribution in [3.8, 4) is 0 Å². The third-order valence-electron chi connectivity index (χ3n) is 3.24. The van der Waals surface area contributed by atoms with Crippen molar-refractivity contribution in [2.75, 3.05) is 6.54 Å². The van der Waals surface area contributed by atoms with Crippen LogP contribution < -0.4 is 5.73 Å². The van der Waals surface area contributed by atoms with Gasteiger partial charge in [-0.2, -0.15) is 0 Å². The Hall–Kier alpha value is -1.10. The van der Waals surface area contributed by atoms with Crippen molar-refractivity contribution in [3.63, 3.8) is 0 Å². The molecule has 1 fully saturated rings. The molecule has 2 unspecified atom stereocenters. The molecule has 1 rings (SSSR count). The van der Waals surface area contributed by atoms with Gasteiger partial charge in [-0.3, -0.25) is 4.79 Å². The van der Waals surface area contributed by atoms with Crippen molar-refractivity contribution in [1.82, 2.24) is 4.90 Å². The zero-order valence-electron chi connectivity index (χ0n) is 10.0. The molecule has 0 aromatic heterocycles. The Labute approximate surface area is 95.6 Å². The fraction of sp³-hybridized carbons (Fsp3) is 0.818. The maximum absolute atomic E-state index is 12.0. The van der Waals surface area contributed by atoms with Crippen LogP contribution in [-0.4, -0.2) is 40.5 Å². The molecule has 1 aliphatic rings. The van der Waals surface area contributed by atoms with E-state index in [4.69, 9.17) is 10.8 Å². The number of rotatable bonds is 3. The second-order valence-electron chi connectivity index (χ2n) is 4.85. The molecule has 3 atom stereocenters. The number of nitrogens with two attached hydrogens (primary N) is 1. The number of hydrogen-bond acceptors (Lipinski definition) is 3. The number of carbonyl (C=O) groups is 2. The smallest absolute Gasteiger partial charge is 0.326 e. The van der Waals surface area contributed by atoms with Gasteiger partial charge in [-0.05, 0) is 18.3 Å². The maximum Gasteiger partial charge on any atom is 0.326 e. The Morgan fingerprint density at radius 1 is 1.44 bits per heavy atom. The van der Waals surface area contributed by atoms with Crippen LogP contribution in [0.1, 0.15) is 27.2 Å². The van der Waals surface area contributed by atoms with Gasteiger partial charge in [-0.1, -0.05) is 20.8 Å². The third kappa shape index (κ3) is 2.35. The highest BCUT2D eigenvalue weighted by Gasteiger charge is 2.41. The van der Waals surface area contributed by atoms with E-state index in [0.29, 0.717) is 6.54 Å². The molecule has 0 bridgehead atoms. The van der Waals surface area contributed by atoms with Crippen LogP contribution in [0.4, 0.5) is 0 Å². The third-order valence-corrected chi connectivity index (χ3v) is 3.24. The predicted octanol–water partition coefficient (Wildman–Crippen LogP) is 0.291. The molecule has 1 aliphatic heterocycles. The molecule has 1 amide bonds. The van der Waals surface area contributed by atoms with Crippen molar-refractivity contribution in [2.24, 2.45) is 17.6 Å². The molecule has 0 spiro atoms. The summed E-state index contributed by atoms with van der Waals surface area (Å²) in [6.45, 7) is 6.07. The monoisotopic (exact) mass is 228 g/mol. The van der Waals surface area contributed by atoms with Crippen molar-refractivity contribution < 1.29 is 14.7 Å². The first-order valence-corrected chi connectivity index (χ1v) is 5.65. The van der Waals surface area contributed by atoms with Crippen molar-refractivity contribution in [1.29, 1.82) is 0 Å². The highest BCUT2D eigenvalue weighted by atomic mass is 16.4. The molecular weight excluding hydrogens is 208 g/mol. The largest absolute Gasteiger partial charge is 0.480 e. The number of hydrogen-bond donors (Lipinski definition) is 2. The van der Waals surface area contributed by atoms with E-state index >= 15 is 0 Å². The highest BCUT2D eigenvalue weighted by Crippen LogP contribution is 2.25. The highest BCUT2D eigenvalue weighted by molar-refractivity contribution is 5.87. The summed E-state index contributed by atoms with van der Waals surface area (Å²) in [5.41, 5.74) is 5.76. The molecule has 5 heteroatoms. The number of carbonyl (C=O) groups excluding carboxylic acids is 1. The van der Waals surface area contributed by atoms with E-state index in [1.165, 1.54) is 4.90 Å². The Bertz CT molecular complexity index is 291. The second kappa shape index (κ2) is 4.82. The first kappa shape index (κ1) is 13.0. The molecule has 3 N–H and O–H groups in total. The summed E-state index contributed by atoms with van der Waals surface area (Å²) in [6, 6.07) is -1.32. The summed E-state index contributed by atoms with van der Waals surface area (Å²) in [6.07, 6.45) is 0.730. The van der Waals surface area contributed by atoms with Crippen LogP contribution in [0.25, 0.3) is 0 Å². The number of carboxylic acid groups (broad SMARTS) is 1. The summed E-state index contributed by atoms with van der Waals surface area (Å²) >= 11 is 0. The molecule has 0 saturated carbocycles. The molecule has 16 heavy (non-hydrogen) atoms. The average molecular weight is 228 g/mol. The van der Waals surface area contributed by atoms with Crippen molar-refractivity contribution in [3.05, 3.63) is 0 Å². The van der Waals surface area contributed by atoms with Gasteiger partial charge in [0.15, 0.2) is 0 Å². The van der Waals surface area contributed by atoms with Gasteiger partial charge < -0.3 is 15.7 Å². The summed E-state index contributed by atoms with van der Waals surface area (Å²) in [7, 11) is 0. The molecule has 0 aliphatic carbocycles. The lowest BCUT2D eigenvalue weighted by molar-refractivity contribution is -0.150. The summed E-state index contributed by atoms with van der Waals surface area (Å²) in [5, 5.41) is 9.09. The zero-order chi connectivity index (χ0) is 12.5. The summed E-state index contributed by atoms with van der Waals surface area (Å²) in [4.78, 5) is 24.5. The lowest BCUT2D eigenvalue weighted by Gasteiger charge is -2.27. The van der Waals surface area contributed by atoms with E-state index in [9.17, 15) is 9.59 Å². The number of aliphatic carboxylic acids is 1. The Morgan fingerprint density at radius 2 is 2.00 bits per heavy atom. The predicted molar refractivity (Wildman–Crippen MR) is 59.7 cm³/mol. The van der Waals surface area contributed by atoms with E-state index in [1.54, 1.807) is 0 Å². The molecular formula is C11H20N2O3. The lowest BCUT2D eigenvalue weighted by Crippen LogP contribution is -2.51. The Morgan fingerprint density at radius 3 is 2.44 bits per heavy atom. The zero-order valence-corrected chi connectivity index (χ0v) is 10.0. The van der Waals surface area contributed by atoms with Crippen LogP contribution in [0.5, 0.6) is 0 Å². The Balaban J connectivity index is 2.80. The summed E-state index contributed by atoms with van der Waals surface area (Å²) < 4.78 is 0. The first-order valence-electron chi connectivity index (χ1n) is 5.65. The van der Waals surface area contributed by atoms with Gasteiger partial charge in [0.05, 0.1) is 6.04 Å². The second-order valence-corrected chi connectivity index (χ2v) is 4.85. The maximum atomic E-state index is 12.0. The lowest BCUT2D eigenvalue weighted by atomic mass is 10.0. The fourth-order valence-electron chi connectivity index (χ4n) is 2.05. The molecule has 92 valence electrons. The Kier molecular flexibility index (Phi) is 3.91. The summed E-state index contributed by atoms with van der Waals surface area (Å²) in [5.74, 6) is -1.15. The van der Waals surface area contributed by atoms with Crippen molar-refractivity contribution >= 4 is 11.9 Å². The van der Waals surface area contributed by atoms with Gasteiger partial charge >= 0.3 is 5.97 Å². The quantitative estimate of drug-likeness (QED) is 0.727. The molecule has 0 aromatic rings. The minimum Gasteiger partial charge on any atom is -0.480 e. The fourth-order valence-corrected chi connectivity index (χ4v) is 2.05. The number of likely N-dealkylation sites (tertiary alicyclic amines) is 1. The van der Waals surface area contributed by atoms with Crippen LogP contribution in [-0.2, 0) is 9.59 Å². The van der Waals surface area contributed by atoms with E-state index in [0.717, 1.165) is 6.42 Å². The normalized spacial score (nSPS) is 27.2. The molecule has 1 heterocycles. The number of nitrogens with zero attached hydrogens (tertiary/aromatic N) is 1. The van der Waals surface area contributed by atoms with E-state index < -0.39 is 18.1 Å². The number of amides is 1. The van der Waals surface area contributed by atoms with Crippen LogP contribution in [0.3, 0.4) is 0 Å². The molecule has 0 radical (unpaired) electrons. The SMILES string of the molecule is CC1CCN(C(=O)[C@@H](N)C(C)C)C1C(=O)O. The van der Waals surface area contributed by atoms with Gasteiger partial charge in [0, 0.05) is 6.54 Å². The van der Waals surface area contributed by atoms with Crippen LogP contribution in [0.2, 0.25) is 0 Å². The van der Waals surface area contributed by atoms with Crippen LogP contribution >= 0.6 is 0 Å². The van der Waals surface area contributed by atoms with Gasteiger partial charge in [-0.15, -0.1) is 0 Å². The topological polar surface area (TPSA) is 83.6 Å². The van der Waals surface area contributed by atoms with E-state index in [2.05, 4.69) is 0 Å². The standard InChI is InChI=1S/C11H20N2O3/c1-6(2)8(12)10(14)13-5-4-7(3)9(13)11(15)16/h6-9H,4-5,12H2,1-3H3,(H,15,16)/t7?,8-,9?/m0/s1. The molecule has 1 saturated heterocycles. The van der Waals surface area contributed by atoms with Gasteiger partial charge in [0.1, 0.15) is 6.04 Å². The van der Waals surface area contributed by atoms with Crippen LogP contribution in [0.15, 0.2) is 0 Å². The average Bonchev–Trinajstić information content (AvgIpc) is 2.57. The minimum absolute atomic E-state index is 0.000752. The van der Waals surface area contributed by atoms with Gasteiger partial charge in [0.2, 0.25) is 5.91 Å². The first-order chi connectivity index (χ1) is 7.36. The van der Waals surface area contributed by atoms with E-state index in [1.807, 2.05) is 20.8 Å². The van der Waals surface area contributed by atoms with Gasteiger partial charge in [0.25, 0.3) is 0 Å². The molecule has 5 nitrogen and oxygen atoms in total. The number of carboxylic acids is 1. The van der Waals surface area contributed by atoms with Gasteiger partial charge in [-0.25, -0.2) is 4.79 Å². The van der Waals surface area contributed by atoms with Crippen molar-refractivity contribution in [2.45, 2.75) is 39.3 Å². The molecule has 0 aromatic carbocycles. The van der Waals surface area contributed by atoms with Crippen LogP contribution in [0, 0.1) is 11.8 Å².